The Morgan fingerprint density at radius 1 is 1.40 bits per heavy atom. The molecule has 15 heavy (non-hydrogen) atoms. The van der Waals surface area contributed by atoms with Gasteiger partial charge in [-0.05, 0) is 38.1 Å². The highest BCUT2D eigenvalue weighted by molar-refractivity contribution is 5.69. The highest BCUT2D eigenvalue weighted by atomic mass is 16.4. The molecule has 0 saturated heterocycles. The van der Waals surface area contributed by atoms with Gasteiger partial charge in [0, 0.05) is 6.54 Å². The molecule has 1 saturated carbocycles. The van der Waals surface area contributed by atoms with Crippen molar-refractivity contribution in [3.63, 3.8) is 0 Å². The van der Waals surface area contributed by atoms with Gasteiger partial charge in [0.25, 0.3) is 0 Å². The molecule has 1 aliphatic rings. The number of aliphatic hydroxyl groups is 1. The molecule has 0 amide bonds. The van der Waals surface area contributed by atoms with Gasteiger partial charge in [0.2, 0.25) is 0 Å². The number of carboxylic acid groups (broad SMARTS) is 1. The van der Waals surface area contributed by atoms with Gasteiger partial charge in [-0.15, -0.1) is 0 Å². The van der Waals surface area contributed by atoms with E-state index in [-0.39, 0.29) is 12.0 Å². The maximum Gasteiger partial charge on any atom is 0.307 e. The van der Waals surface area contributed by atoms with Crippen molar-refractivity contribution in [2.45, 2.75) is 38.7 Å². The summed E-state index contributed by atoms with van der Waals surface area (Å²) in [7, 11) is 0. The topological polar surface area (TPSA) is 69.6 Å². The molecule has 0 aromatic rings. The lowest BCUT2D eigenvalue weighted by Gasteiger charge is -2.25. The molecular formula is C11H21NO3. The van der Waals surface area contributed by atoms with Gasteiger partial charge in [0.05, 0.1) is 12.0 Å². The third kappa shape index (κ3) is 4.62. The lowest BCUT2D eigenvalue weighted by atomic mass is 9.87. The summed E-state index contributed by atoms with van der Waals surface area (Å²) in [6.45, 7) is 3.12. The fourth-order valence-corrected chi connectivity index (χ4v) is 1.94. The molecule has 4 heteroatoms. The second-order valence-electron chi connectivity index (χ2n) is 4.57. The molecule has 0 spiro atoms. The number of aliphatic hydroxyl groups excluding tert-OH is 1. The Labute approximate surface area is 90.7 Å². The Morgan fingerprint density at radius 2 is 2.00 bits per heavy atom. The molecule has 4 nitrogen and oxygen atoms in total. The Bertz CT molecular complexity index is 200. The molecule has 1 unspecified atom stereocenters. The van der Waals surface area contributed by atoms with Crippen molar-refractivity contribution in [3.8, 4) is 0 Å². The van der Waals surface area contributed by atoms with Crippen LogP contribution in [0.5, 0.6) is 0 Å². The number of carboxylic acids is 1. The fraction of sp³-hybridized carbons (Fsp3) is 0.909. The third-order valence-electron chi connectivity index (χ3n) is 3.12. The molecule has 1 aliphatic carbocycles. The van der Waals surface area contributed by atoms with Gasteiger partial charge in [-0.3, -0.25) is 4.79 Å². The zero-order chi connectivity index (χ0) is 11.3. The first kappa shape index (κ1) is 12.5. The lowest BCUT2D eigenvalue weighted by molar-refractivity contribution is -0.140. The van der Waals surface area contributed by atoms with E-state index in [1.165, 1.54) is 0 Å². The summed E-state index contributed by atoms with van der Waals surface area (Å²) in [5.41, 5.74) is 0. The van der Waals surface area contributed by atoms with Crippen LogP contribution in [0.1, 0.15) is 32.6 Å². The lowest BCUT2D eigenvalue weighted by Crippen LogP contribution is -2.32. The number of nitrogens with one attached hydrogen (secondary N) is 1. The van der Waals surface area contributed by atoms with Crippen LogP contribution in [0.15, 0.2) is 0 Å². The van der Waals surface area contributed by atoms with Crippen LogP contribution in [-0.2, 0) is 4.79 Å². The highest BCUT2D eigenvalue weighted by Crippen LogP contribution is 2.23. The van der Waals surface area contributed by atoms with Crippen LogP contribution < -0.4 is 5.32 Å². The summed E-state index contributed by atoms with van der Waals surface area (Å²) in [4.78, 5) is 10.6. The summed E-state index contributed by atoms with van der Waals surface area (Å²) in [6.07, 6.45) is 3.77. The zero-order valence-corrected chi connectivity index (χ0v) is 9.28. The normalized spacial score (nSPS) is 28.7. The average Bonchev–Trinajstić information content (AvgIpc) is 2.20. The minimum absolute atomic E-state index is 0.112. The van der Waals surface area contributed by atoms with Crippen LogP contribution in [-0.4, -0.2) is 35.4 Å². The van der Waals surface area contributed by atoms with Crippen LogP contribution in [0.25, 0.3) is 0 Å². The van der Waals surface area contributed by atoms with Gasteiger partial charge >= 0.3 is 5.97 Å². The van der Waals surface area contributed by atoms with E-state index in [2.05, 4.69) is 5.32 Å². The predicted octanol–water partition coefficient (Wildman–Crippen LogP) is 0.848. The number of hydrogen-bond donors (Lipinski definition) is 3. The van der Waals surface area contributed by atoms with E-state index in [1.807, 2.05) is 0 Å². The van der Waals surface area contributed by atoms with Gasteiger partial charge in [0.15, 0.2) is 0 Å². The van der Waals surface area contributed by atoms with E-state index in [4.69, 9.17) is 5.11 Å². The van der Waals surface area contributed by atoms with E-state index >= 15 is 0 Å². The molecule has 0 radical (unpaired) electrons. The number of aliphatic carboxylic acids is 1. The molecule has 0 aliphatic heterocycles. The van der Waals surface area contributed by atoms with Crippen molar-refractivity contribution in [1.82, 2.24) is 5.32 Å². The SMILES string of the molecule is CC(CNCC1CCC(O)CC1)C(=O)O. The van der Waals surface area contributed by atoms with E-state index in [0.29, 0.717) is 12.5 Å². The van der Waals surface area contributed by atoms with Crippen molar-refractivity contribution in [2.24, 2.45) is 11.8 Å². The van der Waals surface area contributed by atoms with Crippen LogP contribution in [0.4, 0.5) is 0 Å². The molecule has 1 rings (SSSR count). The zero-order valence-electron chi connectivity index (χ0n) is 9.28. The summed E-state index contributed by atoms with van der Waals surface area (Å²) < 4.78 is 0. The first-order valence-corrected chi connectivity index (χ1v) is 5.71. The second kappa shape index (κ2) is 6.08. The van der Waals surface area contributed by atoms with Crippen LogP contribution >= 0.6 is 0 Å². The molecule has 1 fully saturated rings. The molecule has 0 bridgehead atoms. The van der Waals surface area contributed by atoms with Gasteiger partial charge in [-0.1, -0.05) is 6.92 Å². The van der Waals surface area contributed by atoms with Crippen LogP contribution in [0, 0.1) is 11.8 Å². The van der Waals surface area contributed by atoms with Crippen molar-refractivity contribution >= 4 is 5.97 Å². The standard InChI is InChI=1S/C11H21NO3/c1-8(11(14)15)6-12-7-9-2-4-10(13)5-3-9/h8-10,12-13H,2-7H2,1H3,(H,14,15). The van der Waals surface area contributed by atoms with E-state index < -0.39 is 5.97 Å². The molecule has 3 N–H and O–H groups in total. The maximum atomic E-state index is 10.6. The van der Waals surface area contributed by atoms with Crippen LogP contribution in [0.2, 0.25) is 0 Å². The molecule has 88 valence electrons. The Balaban J connectivity index is 2.07. The number of rotatable bonds is 5. The summed E-state index contributed by atoms with van der Waals surface area (Å²) in [5.74, 6) is -0.463. The van der Waals surface area contributed by atoms with E-state index in [0.717, 1.165) is 32.2 Å². The first-order chi connectivity index (χ1) is 7.09. The summed E-state index contributed by atoms with van der Waals surface area (Å²) in [6, 6.07) is 0. The minimum atomic E-state index is -0.749. The maximum absolute atomic E-state index is 10.6. The quantitative estimate of drug-likeness (QED) is 0.636. The monoisotopic (exact) mass is 215 g/mol. The van der Waals surface area contributed by atoms with Crippen molar-refractivity contribution < 1.29 is 15.0 Å². The highest BCUT2D eigenvalue weighted by Gasteiger charge is 2.19. The first-order valence-electron chi connectivity index (χ1n) is 5.71. The van der Waals surface area contributed by atoms with Crippen molar-refractivity contribution in [3.05, 3.63) is 0 Å². The van der Waals surface area contributed by atoms with E-state index in [1.54, 1.807) is 6.92 Å². The molecule has 0 aromatic carbocycles. The smallest absolute Gasteiger partial charge is 0.307 e. The Kier molecular flexibility index (Phi) is 5.05. The average molecular weight is 215 g/mol. The van der Waals surface area contributed by atoms with Crippen LogP contribution in [0.3, 0.4) is 0 Å². The predicted molar refractivity (Wildman–Crippen MR) is 57.6 cm³/mol. The van der Waals surface area contributed by atoms with Crippen molar-refractivity contribution in [2.75, 3.05) is 13.1 Å². The summed E-state index contributed by atoms with van der Waals surface area (Å²) >= 11 is 0. The minimum Gasteiger partial charge on any atom is -0.481 e. The Hall–Kier alpha value is -0.610. The Morgan fingerprint density at radius 3 is 2.53 bits per heavy atom. The number of carbonyl (C=O) groups is 1. The number of hydrogen-bond acceptors (Lipinski definition) is 3. The van der Waals surface area contributed by atoms with Gasteiger partial charge in [-0.25, -0.2) is 0 Å². The van der Waals surface area contributed by atoms with Crippen molar-refractivity contribution in [1.29, 1.82) is 0 Å². The van der Waals surface area contributed by atoms with E-state index in [9.17, 15) is 9.90 Å². The third-order valence-corrected chi connectivity index (χ3v) is 3.12. The molecule has 0 heterocycles. The van der Waals surface area contributed by atoms with Gasteiger partial charge < -0.3 is 15.5 Å². The summed E-state index contributed by atoms with van der Waals surface area (Å²) in [5, 5.41) is 21.2. The largest absolute Gasteiger partial charge is 0.481 e. The fourth-order valence-electron chi connectivity index (χ4n) is 1.94. The second-order valence-corrected chi connectivity index (χ2v) is 4.57. The van der Waals surface area contributed by atoms with Gasteiger partial charge in [0.1, 0.15) is 0 Å². The molecule has 0 aromatic heterocycles. The molecular weight excluding hydrogens is 194 g/mol. The van der Waals surface area contributed by atoms with Gasteiger partial charge in [-0.2, -0.15) is 0 Å². The molecule has 1 atom stereocenters.